The van der Waals surface area contributed by atoms with Crippen molar-refractivity contribution in [2.75, 3.05) is 11.9 Å². The van der Waals surface area contributed by atoms with Crippen LogP contribution in [0.2, 0.25) is 10.0 Å². The van der Waals surface area contributed by atoms with Gasteiger partial charge in [-0.3, -0.25) is 4.79 Å². The Morgan fingerprint density at radius 2 is 1.74 bits per heavy atom. The summed E-state index contributed by atoms with van der Waals surface area (Å²) in [5.41, 5.74) is 1.74. The van der Waals surface area contributed by atoms with E-state index < -0.39 is 11.9 Å². The van der Waals surface area contributed by atoms with Crippen molar-refractivity contribution in [2.45, 2.75) is 13.5 Å². The van der Waals surface area contributed by atoms with Crippen molar-refractivity contribution < 1.29 is 24.2 Å². The van der Waals surface area contributed by atoms with E-state index in [9.17, 15) is 14.9 Å². The molecule has 7 nitrogen and oxygen atoms in total. The lowest BCUT2D eigenvalue weighted by Gasteiger charge is -2.15. The summed E-state index contributed by atoms with van der Waals surface area (Å²) in [5.74, 6) is -0.976. The minimum Gasteiger partial charge on any atom is -0.490 e. The Bertz CT molecular complexity index is 1300. The van der Waals surface area contributed by atoms with Crippen molar-refractivity contribution in [1.29, 1.82) is 5.26 Å². The maximum Gasteiger partial charge on any atom is 0.335 e. The molecular weight excluding hydrogens is 491 g/mol. The smallest absolute Gasteiger partial charge is 0.335 e. The highest BCUT2D eigenvalue weighted by Gasteiger charge is 2.15. The molecule has 0 heterocycles. The minimum atomic E-state index is -1.01. The lowest BCUT2D eigenvalue weighted by Crippen LogP contribution is -2.13. The molecule has 0 aliphatic heterocycles. The maximum absolute atomic E-state index is 12.6. The van der Waals surface area contributed by atoms with Crippen LogP contribution in [-0.2, 0) is 11.4 Å². The fourth-order valence-corrected chi connectivity index (χ4v) is 3.42. The number of carboxylic acid groups (broad SMARTS) is 1. The van der Waals surface area contributed by atoms with E-state index in [2.05, 4.69) is 5.32 Å². The van der Waals surface area contributed by atoms with E-state index in [4.69, 9.17) is 37.8 Å². The highest BCUT2D eigenvalue weighted by molar-refractivity contribution is 6.32. The number of benzene rings is 3. The van der Waals surface area contributed by atoms with E-state index in [1.165, 1.54) is 18.2 Å². The number of aromatic carboxylic acids is 1. The van der Waals surface area contributed by atoms with E-state index in [0.717, 1.165) is 5.56 Å². The number of nitrogens with zero attached hydrogens (tertiary/aromatic N) is 1. The van der Waals surface area contributed by atoms with Crippen LogP contribution in [0.15, 0.2) is 66.2 Å². The molecule has 0 spiro atoms. The van der Waals surface area contributed by atoms with Gasteiger partial charge in [-0.25, -0.2) is 4.79 Å². The normalized spacial score (nSPS) is 10.9. The van der Waals surface area contributed by atoms with Crippen LogP contribution in [0.25, 0.3) is 6.08 Å². The molecule has 1 amide bonds. The molecule has 3 aromatic rings. The number of carbonyl (C=O) groups is 2. The number of nitriles is 1. The zero-order valence-corrected chi connectivity index (χ0v) is 20.1. The Hall–Kier alpha value is -3.99. The first kappa shape index (κ1) is 25.6. The Morgan fingerprint density at radius 3 is 2.34 bits per heavy atom. The molecule has 0 unspecified atom stereocenters. The van der Waals surface area contributed by atoms with Crippen LogP contribution in [0.4, 0.5) is 5.69 Å². The molecule has 3 aromatic carbocycles. The number of nitrogens with one attached hydrogen (secondary N) is 1. The number of anilines is 1. The standard InChI is InChI=1S/C26H20Cl2N2O5/c1-2-34-23-13-17(11-19(14-29)25(31)30-21-9-7-20(27)8-10-21)12-22(28)24(23)35-15-16-3-5-18(6-4-16)26(32)33/h3-13H,2,15H2,1H3,(H,30,31)(H,32,33)/b19-11+. The second-order valence-electron chi connectivity index (χ2n) is 7.18. The zero-order valence-electron chi connectivity index (χ0n) is 18.5. The number of amides is 1. The maximum atomic E-state index is 12.6. The van der Waals surface area contributed by atoms with Gasteiger partial charge in [0.2, 0.25) is 0 Å². The van der Waals surface area contributed by atoms with Crippen LogP contribution in [-0.4, -0.2) is 23.6 Å². The summed E-state index contributed by atoms with van der Waals surface area (Å²) in [6, 6.07) is 17.8. The summed E-state index contributed by atoms with van der Waals surface area (Å²) in [6.45, 7) is 2.25. The summed E-state index contributed by atoms with van der Waals surface area (Å²) >= 11 is 12.3. The van der Waals surface area contributed by atoms with E-state index in [1.54, 1.807) is 55.5 Å². The third-order valence-electron chi connectivity index (χ3n) is 4.69. The van der Waals surface area contributed by atoms with Gasteiger partial charge in [0.15, 0.2) is 11.5 Å². The fourth-order valence-electron chi connectivity index (χ4n) is 3.02. The number of ether oxygens (including phenoxy) is 2. The van der Waals surface area contributed by atoms with Crippen molar-refractivity contribution in [3.63, 3.8) is 0 Å². The van der Waals surface area contributed by atoms with Gasteiger partial charge in [0, 0.05) is 10.7 Å². The van der Waals surface area contributed by atoms with Crippen molar-refractivity contribution in [1.82, 2.24) is 0 Å². The number of carboxylic acids is 1. The van der Waals surface area contributed by atoms with Crippen LogP contribution >= 0.6 is 23.2 Å². The third kappa shape index (κ3) is 7.00. The highest BCUT2D eigenvalue weighted by atomic mass is 35.5. The summed E-state index contributed by atoms with van der Waals surface area (Å²) in [7, 11) is 0. The summed E-state index contributed by atoms with van der Waals surface area (Å²) < 4.78 is 11.5. The van der Waals surface area contributed by atoms with Crippen molar-refractivity contribution >= 4 is 46.8 Å². The Labute approximate surface area is 212 Å². The number of hydrogen-bond donors (Lipinski definition) is 2. The molecule has 0 saturated carbocycles. The molecule has 0 bridgehead atoms. The van der Waals surface area contributed by atoms with Gasteiger partial charge in [-0.05, 0) is 72.7 Å². The Morgan fingerprint density at radius 1 is 1.06 bits per heavy atom. The zero-order chi connectivity index (χ0) is 25.4. The molecule has 3 rings (SSSR count). The molecule has 178 valence electrons. The molecule has 0 aliphatic rings. The number of halogens is 2. The lowest BCUT2D eigenvalue weighted by atomic mass is 10.1. The monoisotopic (exact) mass is 510 g/mol. The number of rotatable bonds is 9. The van der Waals surface area contributed by atoms with Crippen molar-refractivity contribution in [3.05, 3.63) is 93.0 Å². The van der Waals surface area contributed by atoms with Gasteiger partial charge >= 0.3 is 5.97 Å². The van der Waals surface area contributed by atoms with Crippen LogP contribution in [0, 0.1) is 11.3 Å². The second-order valence-corrected chi connectivity index (χ2v) is 8.03. The predicted octanol–water partition coefficient (Wildman–Crippen LogP) is 6.21. The molecule has 0 fully saturated rings. The van der Waals surface area contributed by atoms with E-state index in [1.807, 2.05) is 6.07 Å². The predicted molar refractivity (Wildman–Crippen MR) is 134 cm³/mol. The summed E-state index contributed by atoms with van der Waals surface area (Å²) in [6.07, 6.45) is 1.40. The average Bonchev–Trinajstić information content (AvgIpc) is 2.83. The summed E-state index contributed by atoms with van der Waals surface area (Å²) in [4.78, 5) is 23.6. The SMILES string of the molecule is CCOc1cc(/C=C(\C#N)C(=O)Nc2ccc(Cl)cc2)cc(Cl)c1OCc1ccc(C(=O)O)cc1. The van der Waals surface area contributed by atoms with Gasteiger partial charge in [-0.2, -0.15) is 5.26 Å². The van der Waals surface area contributed by atoms with E-state index >= 15 is 0 Å². The first-order valence-electron chi connectivity index (χ1n) is 10.4. The minimum absolute atomic E-state index is 0.127. The van der Waals surface area contributed by atoms with Gasteiger partial charge in [0.1, 0.15) is 18.2 Å². The number of carbonyl (C=O) groups excluding carboxylic acids is 1. The first-order chi connectivity index (χ1) is 16.8. The lowest BCUT2D eigenvalue weighted by molar-refractivity contribution is -0.112. The summed E-state index contributed by atoms with van der Waals surface area (Å²) in [5, 5.41) is 21.9. The molecule has 0 atom stereocenters. The van der Waals surface area contributed by atoms with Crippen molar-refractivity contribution in [3.8, 4) is 17.6 Å². The average molecular weight is 511 g/mol. The first-order valence-corrected chi connectivity index (χ1v) is 11.2. The molecule has 0 aliphatic carbocycles. The van der Waals surface area contributed by atoms with Crippen molar-refractivity contribution in [2.24, 2.45) is 0 Å². The molecule has 0 saturated heterocycles. The third-order valence-corrected chi connectivity index (χ3v) is 5.23. The molecule has 35 heavy (non-hydrogen) atoms. The molecule has 9 heteroatoms. The fraction of sp³-hybridized carbons (Fsp3) is 0.115. The molecule has 2 N–H and O–H groups in total. The van der Waals surface area contributed by atoms with Crippen LogP contribution < -0.4 is 14.8 Å². The van der Waals surface area contributed by atoms with Gasteiger partial charge in [-0.15, -0.1) is 0 Å². The highest BCUT2D eigenvalue weighted by Crippen LogP contribution is 2.38. The Kier molecular flexibility index (Phi) is 8.74. The topological polar surface area (TPSA) is 109 Å². The van der Waals surface area contributed by atoms with Gasteiger partial charge in [0.05, 0.1) is 17.2 Å². The van der Waals surface area contributed by atoms with Gasteiger partial charge < -0.3 is 19.9 Å². The van der Waals surface area contributed by atoms with Crippen LogP contribution in [0.5, 0.6) is 11.5 Å². The van der Waals surface area contributed by atoms with Crippen LogP contribution in [0.3, 0.4) is 0 Å². The Balaban J connectivity index is 1.81. The van der Waals surface area contributed by atoms with Crippen LogP contribution in [0.1, 0.15) is 28.4 Å². The van der Waals surface area contributed by atoms with Gasteiger partial charge in [0.25, 0.3) is 5.91 Å². The number of hydrogen-bond acceptors (Lipinski definition) is 5. The van der Waals surface area contributed by atoms with Gasteiger partial charge in [-0.1, -0.05) is 35.3 Å². The van der Waals surface area contributed by atoms with E-state index in [-0.39, 0.29) is 28.5 Å². The van der Waals surface area contributed by atoms with E-state index in [0.29, 0.717) is 28.6 Å². The largest absolute Gasteiger partial charge is 0.490 e. The second kappa shape index (κ2) is 11.9. The molecule has 0 aromatic heterocycles. The molecule has 0 radical (unpaired) electrons. The quantitative estimate of drug-likeness (QED) is 0.261. The molecular formula is C26H20Cl2N2O5.